The summed E-state index contributed by atoms with van der Waals surface area (Å²) in [7, 11) is 0. The SMILES string of the molecule is CC(=O)N1CCN(CCn2ncc3c(-c4cccc5[nH]ccc45)nc(N4CCOCC4)nc32)CC1. The Morgan fingerprint density at radius 1 is 1.00 bits per heavy atom. The maximum atomic E-state index is 11.6. The lowest BCUT2D eigenvalue weighted by Gasteiger charge is -2.34. The summed E-state index contributed by atoms with van der Waals surface area (Å²) in [5.41, 5.74) is 3.92. The fourth-order valence-electron chi connectivity index (χ4n) is 5.03. The van der Waals surface area contributed by atoms with E-state index in [-0.39, 0.29) is 5.91 Å². The number of piperazine rings is 1. The van der Waals surface area contributed by atoms with Crippen molar-refractivity contribution in [3.8, 4) is 11.3 Å². The molecular formula is C25H30N8O2. The number of aromatic nitrogens is 5. The molecule has 4 aromatic rings. The van der Waals surface area contributed by atoms with Gasteiger partial charge in [0, 0.05) is 75.4 Å². The summed E-state index contributed by atoms with van der Waals surface area (Å²) in [4.78, 5) is 31.5. The molecule has 0 radical (unpaired) electrons. The lowest BCUT2D eigenvalue weighted by Crippen LogP contribution is -2.48. The normalized spacial score (nSPS) is 17.5. The number of aromatic amines is 1. The first-order valence-corrected chi connectivity index (χ1v) is 12.3. The van der Waals surface area contributed by atoms with Crippen LogP contribution in [0.4, 0.5) is 5.95 Å². The molecule has 6 rings (SSSR count). The molecule has 2 aliphatic rings. The Morgan fingerprint density at radius 2 is 1.83 bits per heavy atom. The zero-order valence-electron chi connectivity index (χ0n) is 20.0. The van der Waals surface area contributed by atoms with Gasteiger partial charge in [-0.25, -0.2) is 9.67 Å². The number of fused-ring (bicyclic) bond motifs is 2. The van der Waals surface area contributed by atoms with Gasteiger partial charge in [0.15, 0.2) is 5.65 Å². The highest BCUT2D eigenvalue weighted by Gasteiger charge is 2.22. The number of ether oxygens (including phenoxy) is 1. The van der Waals surface area contributed by atoms with Crippen LogP contribution in [0, 0.1) is 0 Å². The Hall–Kier alpha value is -3.50. The van der Waals surface area contributed by atoms with E-state index in [0.717, 1.165) is 91.5 Å². The minimum Gasteiger partial charge on any atom is -0.378 e. The van der Waals surface area contributed by atoms with Gasteiger partial charge >= 0.3 is 0 Å². The van der Waals surface area contributed by atoms with Crippen molar-refractivity contribution in [1.82, 2.24) is 34.5 Å². The fourth-order valence-corrected chi connectivity index (χ4v) is 5.03. The van der Waals surface area contributed by atoms with Gasteiger partial charge in [0.05, 0.1) is 37.0 Å². The predicted octanol–water partition coefficient (Wildman–Crippen LogP) is 1.98. The maximum Gasteiger partial charge on any atom is 0.228 e. The van der Waals surface area contributed by atoms with Crippen LogP contribution in [-0.4, -0.2) is 99.5 Å². The number of rotatable bonds is 5. The van der Waals surface area contributed by atoms with Crippen molar-refractivity contribution in [2.75, 3.05) is 63.9 Å². The van der Waals surface area contributed by atoms with Crippen molar-refractivity contribution in [3.05, 3.63) is 36.7 Å². The van der Waals surface area contributed by atoms with E-state index in [0.29, 0.717) is 13.2 Å². The number of anilines is 1. The number of benzene rings is 1. The predicted molar refractivity (Wildman–Crippen MR) is 134 cm³/mol. The second-order valence-electron chi connectivity index (χ2n) is 9.17. The lowest BCUT2D eigenvalue weighted by molar-refractivity contribution is -0.130. The summed E-state index contributed by atoms with van der Waals surface area (Å²) in [6, 6.07) is 8.35. The summed E-state index contributed by atoms with van der Waals surface area (Å²) < 4.78 is 7.56. The van der Waals surface area contributed by atoms with Gasteiger partial charge in [-0.3, -0.25) is 9.69 Å². The van der Waals surface area contributed by atoms with Gasteiger partial charge in [0.1, 0.15) is 0 Å². The first kappa shape index (κ1) is 22.0. The number of amides is 1. The van der Waals surface area contributed by atoms with Gasteiger partial charge in [0.25, 0.3) is 0 Å². The van der Waals surface area contributed by atoms with E-state index in [1.54, 1.807) is 6.92 Å². The van der Waals surface area contributed by atoms with Crippen LogP contribution in [0.3, 0.4) is 0 Å². The van der Waals surface area contributed by atoms with Crippen LogP contribution in [0.5, 0.6) is 0 Å². The van der Waals surface area contributed by atoms with Crippen molar-refractivity contribution < 1.29 is 9.53 Å². The molecule has 2 fully saturated rings. The van der Waals surface area contributed by atoms with Crippen LogP contribution in [-0.2, 0) is 16.1 Å². The molecule has 0 bridgehead atoms. The minimum absolute atomic E-state index is 0.153. The fraction of sp³-hybridized carbons (Fsp3) is 0.440. The van der Waals surface area contributed by atoms with Gasteiger partial charge < -0.3 is 19.5 Å². The van der Waals surface area contributed by atoms with E-state index in [9.17, 15) is 4.79 Å². The van der Waals surface area contributed by atoms with Crippen molar-refractivity contribution in [3.63, 3.8) is 0 Å². The third-order valence-electron chi connectivity index (χ3n) is 7.07. The van der Waals surface area contributed by atoms with E-state index in [1.807, 2.05) is 22.0 Å². The molecule has 1 aromatic carbocycles. The van der Waals surface area contributed by atoms with Crippen LogP contribution in [0.2, 0.25) is 0 Å². The summed E-state index contributed by atoms with van der Waals surface area (Å²) in [5.74, 6) is 0.875. The molecule has 5 heterocycles. The Morgan fingerprint density at radius 3 is 2.63 bits per heavy atom. The average Bonchev–Trinajstić information content (AvgIpc) is 3.55. The number of morpholine rings is 1. The Balaban J connectivity index is 1.35. The van der Waals surface area contributed by atoms with Crippen LogP contribution in [0.25, 0.3) is 33.2 Å². The molecular weight excluding hydrogens is 444 g/mol. The van der Waals surface area contributed by atoms with E-state index in [4.69, 9.17) is 19.8 Å². The third kappa shape index (κ3) is 4.23. The van der Waals surface area contributed by atoms with Crippen LogP contribution in [0.15, 0.2) is 36.7 Å². The zero-order chi connectivity index (χ0) is 23.8. The number of nitrogens with zero attached hydrogens (tertiary/aromatic N) is 7. The van der Waals surface area contributed by atoms with Gasteiger partial charge in [0.2, 0.25) is 11.9 Å². The Labute approximate surface area is 203 Å². The quantitative estimate of drug-likeness (QED) is 0.473. The van der Waals surface area contributed by atoms with Crippen molar-refractivity contribution in [2.45, 2.75) is 13.5 Å². The third-order valence-corrected chi connectivity index (χ3v) is 7.07. The van der Waals surface area contributed by atoms with Crippen LogP contribution in [0.1, 0.15) is 6.92 Å². The number of H-pyrrole nitrogens is 1. The maximum absolute atomic E-state index is 11.6. The molecule has 0 saturated carbocycles. The first-order valence-electron chi connectivity index (χ1n) is 12.3. The highest BCUT2D eigenvalue weighted by molar-refractivity contribution is 6.01. The van der Waals surface area contributed by atoms with Gasteiger partial charge in [-0.2, -0.15) is 10.1 Å². The van der Waals surface area contributed by atoms with Crippen molar-refractivity contribution in [2.24, 2.45) is 0 Å². The molecule has 10 heteroatoms. The second kappa shape index (κ2) is 9.27. The molecule has 1 amide bonds. The highest BCUT2D eigenvalue weighted by atomic mass is 16.5. The van der Waals surface area contributed by atoms with Gasteiger partial charge in [-0.05, 0) is 12.1 Å². The average molecular weight is 475 g/mol. The molecule has 2 aliphatic heterocycles. The number of hydrogen-bond acceptors (Lipinski definition) is 7. The molecule has 2 saturated heterocycles. The summed E-state index contributed by atoms with van der Waals surface area (Å²) in [5, 5.41) is 6.83. The van der Waals surface area contributed by atoms with E-state index in [1.165, 1.54) is 0 Å². The standard InChI is InChI=1S/C25H30N8O2/c1-18(34)31-10-7-30(8-11-31)9-12-33-24-21(17-27-33)23(20-3-2-4-22-19(20)5-6-26-22)28-25(29-24)32-13-15-35-16-14-32/h2-6,17,26H,7-16H2,1H3. The summed E-state index contributed by atoms with van der Waals surface area (Å²) in [6.07, 6.45) is 3.86. The molecule has 10 nitrogen and oxygen atoms in total. The monoisotopic (exact) mass is 474 g/mol. The molecule has 1 N–H and O–H groups in total. The Bertz CT molecular complexity index is 1350. The summed E-state index contributed by atoms with van der Waals surface area (Å²) >= 11 is 0. The number of carbonyl (C=O) groups excluding carboxylic acids is 1. The van der Waals surface area contributed by atoms with Crippen LogP contribution < -0.4 is 4.90 Å². The van der Waals surface area contributed by atoms with Gasteiger partial charge in [-0.15, -0.1) is 0 Å². The number of carbonyl (C=O) groups is 1. The topological polar surface area (TPSA) is 95.4 Å². The molecule has 3 aromatic heterocycles. The van der Waals surface area contributed by atoms with Crippen LogP contribution >= 0.6 is 0 Å². The summed E-state index contributed by atoms with van der Waals surface area (Å²) in [6.45, 7) is 9.46. The zero-order valence-corrected chi connectivity index (χ0v) is 20.0. The molecule has 0 atom stereocenters. The lowest BCUT2D eigenvalue weighted by atomic mass is 10.0. The smallest absolute Gasteiger partial charge is 0.228 e. The second-order valence-corrected chi connectivity index (χ2v) is 9.17. The number of hydrogen-bond donors (Lipinski definition) is 1. The first-order chi connectivity index (χ1) is 17.2. The van der Waals surface area contributed by atoms with Crippen molar-refractivity contribution in [1.29, 1.82) is 0 Å². The molecule has 0 spiro atoms. The van der Waals surface area contributed by atoms with Gasteiger partial charge in [-0.1, -0.05) is 12.1 Å². The van der Waals surface area contributed by atoms with Crippen molar-refractivity contribution >= 4 is 33.8 Å². The van der Waals surface area contributed by atoms with E-state index < -0.39 is 0 Å². The molecule has 0 unspecified atom stereocenters. The number of nitrogens with one attached hydrogen (secondary N) is 1. The molecule has 35 heavy (non-hydrogen) atoms. The minimum atomic E-state index is 0.153. The van der Waals surface area contributed by atoms with E-state index in [2.05, 4.69) is 39.0 Å². The highest BCUT2D eigenvalue weighted by Crippen LogP contribution is 2.33. The molecule has 0 aliphatic carbocycles. The molecule has 182 valence electrons. The van der Waals surface area contributed by atoms with E-state index >= 15 is 0 Å². The largest absolute Gasteiger partial charge is 0.378 e. The Kier molecular flexibility index (Phi) is 5.83.